The molecular weight excluding hydrogens is 374 g/mol. The van der Waals surface area contributed by atoms with E-state index >= 15 is 0 Å². The van der Waals surface area contributed by atoms with Gasteiger partial charge in [0.15, 0.2) is 0 Å². The Morgan fingerprint density at radius 2 is 2.17 bits per heavy atom. The van der Waals surface area contributed by atoms with Crippen LogP contribution in [0.25, 0.3) is 0 Å². The number of likely N-dealkylation sites (N-methyl/N-ethyl adjacent to an activating group) is 1. The maximum absolute atomic E-state index is 13.2. The molecule has 8 heteroatoms. The lowest BCUT2D eigenvalue weighted by Crippen LogP contribution is -2.50. The van der Waals surface area contributed by atoms with Gasteiger partial charge < -0.3 is 24.7 Å². The standard InChI is InChI=1S/C21H29N3O5/c1-13-10-24(14(2)12-25)21(28)18-8-17(7-6-15(3)26)9-22-20(18)29-19(13)11-23(5)16(4)27/h8-9,13-15,19,25-26H,10-12H2,1-5H3/t13-,14+,15-,19-/m1/s1. The largest absolute Gasteiger partial charge is 0.472 e. The fourth-order valence-electron chi connectivity index (χ4n) is 2.97. The minimum atomic E-state index is -0.804. The van der Waals surface area contributed by atoms with E-state index in [4.69, 9.17) is 4.74 Å². The van der Waals surface area contributed by atoms with Crippen molar-refractivity contribution in [2.24, 2.45) is 5.92 Å². The number of aliphatic hydroxyl groups is 2. The highest BCUT2D eigenvalue weighted by atomic mass is 16.5. The van der Waals surface area contributed by atoms with Gasteiger partial charge in [0.1, 0.15) is 17.8 Å². The summed E-state index contributed by atoms with van der Waals surface area (Å²) in [4.78, 5) is 32.3. The van der Waals surface area contributed by atoms with Crippen LogP contribution in [-0.4, -0.2) is 81.8 Å². The first-order valence-electron chi connectivity index (χ1n) is 9.63. The van der Waals surface area contributed by atoms with Crippen molar-refractivity contribution >= 4 is 11.8 Å². The molecule has 1 aromatic heterocycles. The molecule has 0 saturated heterocycles. The zero-order chi connectivity index (χ0) is 21.7. The molecule has 158 valence electrons. The average molecular weight is 403 g/mol. The Morgan fingerprint density at radius 1 is 1.48 bits per heavy atom. The van der Waals surface area contributed by atoms with Crippen LogP contribution < -0.4 is 4.74 Å². The van der Waals surface area contributed by atoms with Crippen molar-refractivity contribution in [2.45, 2.75) is 45.9 Å². The Bertz CT molecular complexity index is 814. The quantitative estimate of drug-likeness (QED) is 0.710. The average Bonchev–Trinajstić information content (AvgIpc) is 2.68. The Morgan fingerprint density at radius 3 is 2.76 bits per heavy atom. The summed E-state index contributed by atoms with van der Waals surface area (Å²) in [5, 5.41) is 19.0. The monoisotopic (exact) mass is 403 g/mol. The summed E-state index contributed by atoms with van der Waals surface area (Å²) in [6.45, 7) is 7.27. The number of rotatable bonds is 4. The van der Waals surface area contributed by atoms with Gasteiger partial charge in [-0.05, 0) is 19.9 Å². The fraction of sp³-hybridized carbons (Fsp3) is 0.571. The van der Waals surface area contributed by atoms with Crippen LogP contribution in [0.15, 0.2) is 12.3 Å². The predicted molar refractivity (Wildman–Crippen MR) is 107 cm³/mol. The Labute approximate surface area is 171 Å². The van der Waals surface area contributed by atoms with E-state index in [9.17, 15) is 19.8 Å². The normalized spacial score (nSPS) is 20.9. The molecule has 1 aromatic rings. The molecule has 29 heavy (non-hydrogen) atoms. The molecule has 0 aliphatic carbocycles. The third kappa shape index (κ3) is 5.68. The number of ether oxygens (including phenoxy) is 1. The van der Waals surface area contributed by atoms with Crippen molar-refractivity contribution in [3.63, 3.8) is 0 Å². The minimum absolute atomic E-state index is 0.0866. The smallest absolute Gasteiger partial charge is 0.259 e. The molecule has 0 radical (unpaired) electrons. The van der Waals surface area contributed by atoms with Crippen molar-refractivity contribution in [2.75, 3.05) is 26.7 Å². The molecule has 1 aliphatic rings. The summed E-state index contributed by atoms with van der Waals surface area (Å²) < 4.78 is 6.07. The second-order valence-electron chi connectivity index (χ2n) is 7.54. The van der Waals surface area contributed by atoms with Gasteiger partial charge in [0, 0.05) is 38.2 Å². The van der Waals surface area contributed by atoms with Gasteiger partial charge in [-0.3, -0.25) is 9.59 Å². The molecule has 8 nitrogen and oxygen atoms in total. The van der Waals surface area contributed by atoms with Crippen LogP contribution in [0.3, 0.4) is 0 Å². The van der Waals surface area contributed by atoms with Gasteiger partial charge >= 0.3 is 0 Å². The van der Waals surface area contributed by atoms with Crippen molar-refractivity contribution in [1.29, 1.82) is 0 Å². The Hall–Kier alpha value is -2.63. The number of pyridine rings is 1. The summed E-state index contributed by atoms with van der Waals surface area (Å²) >= 11 is 0. The first-order valence-corrected chi connectivity index (χ1v) is 9.63. The number of carbonyl (C=O) groups excluding carboxylic acids is 2. The Balaban J connectivity index is 2.49. The topological polar surface area (TPSA) is 103 Å². The molecule has 1 aliphatic heterocycles. The molecule has 0 fully saturated rings. The van der Waals surface area contributed by atoms with Crippen LogP contribution in [-0.2, 0) is 4.79 Å². The number of nitrogens with zero attached hydrogens (tertiary/aromatic N) is 3. The number of carbonyl (C=O) groups is 2. The van der Waals surface area contributed by atoms with E-state index in [1.807, 2.05) is 6.92 Å². The molecule has 0 saturated carbocycles. The van der Waals surface area contributed by atoms with Gasteiger partial charge in [0.2, 0.25) is 11.8 Å². The lowest BCUT2D eigenvalue weighted by Gasteiger charge is -2.37. The van der Waals surface area contributed by atoms with E-state index in [-0.39, 0.29) is 41.9 Å². The van der Waals surface area contributed by atoms with Gasteiger partial charge in [-0.1, -0.05) is 18.8 Å². The lowest BCUT2D eigenvalue weighted by atomic mass is 10.00. The molecule has 0 aromatic carbocycles. The molecule has 0 bridgehead atoms. The van der Waals surface area contributed by atoms with Crippen LogP contribution in [0, 0.1) is 17.8 Å². The maximum atomic E-state index is 13.2. The van der Waals surface area contributed by atoms with E-state index in [0.29, 0.717) is 18.7 Å². The van der Waals surface area contributed by atoms with Crippen molar-refractivity contribution in [3.8, 4) is 17.7 Å². The van der Waals surface area contributed by atoms with Gasteiger partial charge in [-0.15, -0.1) is 0 Å². The highest BCUT2D eigenvalue weighted by Crippen LogP contribution is 2.27. The summed E-state index contributed by atoms with van der Waals surface area (Å²) in [5.41, 5.74) is 0.717. The van der Waals surface area contributed by atoms with Gasteiger partial charge in [0.05, 0.1) is 19.2 Å². The first kappa shape index (κ1) is 22.7. The molecule has 2 heterocycles. The second-order valence-corrected chi connectivity index (χ2v) is 7.54. The molecule has 0 unspecified atom stereocenters. The molecule has 2 N–H and O–H groups in total. The zero-order valence-electron chi connectivity index (χ0n) is 17.5. The molecule has 0 spiro atoms. The lowest BCUT2D eigenvalue weighted by molar-refractivity contribution is -0.129. The second kappa shape index (κ2) is 9.72. The fourth-order valence-corrected chi connectivity index (χ4v) is 2.97. The van der Waals surface area contributed by atoms with Crippen molar-refractivity contribution < 1.29 is 24.5 Å². The van der Waals surface area contributed by atoms with Gasteiger partial charge in [0.25, 0.3) is 5.91 Å². The van der Waals surface area contributed by atoms with Crippen molar-refractivity contribution in [1.82, 2.24) is 14.8 Å². The van der Waals surface area contributed by atoms with Gasteiger partial charge in [-0.25, -0.2) is 4.98 Å². The molecular formula is C21H29N3O5. The zero-order valence-corrected chi connectivity index (χ0v) is 17.5. The van der Waals surface area contributed by atoms with E-state index < -0.39 is 12.1 Å². The van der Waals surface area contributed by atoms with E-state index in [0.717, 1.165) is 0 Å². The molecule has 2 amide bonds. The van der Waals surface area contributed by atoms with Crippen LogP contribution in [0.1, 0.15) is 43.6 Å². The number of fused-ring (bicyclic) bond motifs is 1. The SMILES string of the molecule is CC(=O)N(C)C[C@H]1Oc2ncc(C#C[C@@H](C)O)cc2C(=O)N([C@@H](C)CO)C[C@H]1C. The number of hydrogen-bond acceptors (Lipinski definition) is 6. The summed E-state index contributed by atoms with van der Waals surface area (Å²) in [6, 6.07) is 1.19. The molecule has 4 atom stereocenters. The van der Waals surface area contributed by atoms with E-state index in [2.05, 4.69) is 16.8 Å². The third-order valence-electron chi connectivity index (χ3n) is 4.94. The maximum Gasteiger partial charge on any atom is 0.259 e. The number of hydrogen-bond donors (Lipinski definition) is 2. The summed E-state index contributed by atoms with van der Waals surface area (Å²) in [5.74, 6) is 5.09. The van der Waals surface area contributed by atoms with Gasteiger partial charge in [-0.2, -0.15) is 0 Å². The van der Waals surface area contributed by atoms with Crippen molar-refractivity contribution in [3.05, 3.63) is 23.4 Å². The highest BCUT2D eigenvalue weighted by Gasteiger charge is 2.34. The number of aliphatic hydroxyl groups excluding tert-OH is 2. The predicted octanol–water partition coefficient (Wildman–Crippen LogP) is 0.512. The van der Waals surface area contributed by atoms with E-state index in [1.54, 1.807) is 36.8 Å². The number of aromatic nitrogens is 1. The highest BCUT2D eigenvalue weighted by molar-refractivity contribution is 5.97. The summed E-state index contributed by atoms with van der Waals surface area (Å²) in [6.07, 6.45) is 0.299. The first-order chi connectivity index (χ1) is 13.6. The third-order valence-corrected chi connectivity index (χ3v) is 4.94. The molecule has 2 rings (SSSR count). The number of amides is 2. The minimum Gasteiger partial charge on any atom is -0.472 e. The van der Waals surface area contributed by atoms with Crippen LogP contribution in [0.5, 0.6) is 5.88 Å². The Kier molecular flexibility index (Phi) is 7.59. The summed E-state index contributed by atoms with van der Waals surface area (Å²) in [7, 11) is 1.69. The van der Waals surface area contributed by atoms with Crippen LogP contribution in [0.2, 0.25) is 0 Å². The van der Waals surface area contributed by atoms with E-state index in [1.165, 1.54) is 13.1 Å². The van der Waals surface area contributed by atoms with Crippen LogP contribution >= 0.6 is 0 Å². The van der Waals surface area contributed by atoms with Crippen LogP contribution in [0.4, 0.5) is 0 Å².